The zero-order chi connectivity index (χ0) is 13.2. The molecule has 1 heterocycles. The van der Waals surface area contributed by atoms with Gasteiger partial charge in [0.15, 0.2) is 0 Å². The number of anilines is 1. The van der Waals surface area contributed by atoms with Crippen molar-refractivity contribution in [2.75, 3.05) is 5.43 Å². The van der Waals surface area contributed by atoms with Crippen LogP contribution < -0.4 is 11.3 Å². The van der Waals surface area contributed by atoms with Crippen molar-refractivity contribution in [2.45, 2.75) is 0 Å². The molecule has 0 saturated heterocycles. The Labute approximate surface area is 119 Å². The van der Waals surface area contributed by atoms with Gasteiger partial charge in [0.1, 0.15) is 5.82 Å². The fourth-order valence-corrected chi connectivity index (χ4v) is 2.47. The molecule has 0 fully saturated rings. The lowest BCUT2D eigenvalue weighted by Gasteiger charge is -2.10. The van der Waals surface area contributed by atoms with Gasteiger partial charge in [-0.25, -0.2) is 10.8 Å². The van der Waals surface area contributed by atoms with E-state index in [4.69, 9.17) is 5.84 Å². The number of halogens is 1. The molecule has 2 aromatic carbocycles. The second-order valence-corrected chi connectivity index (χ2v) is 5.15. The van der Waals surface area contributed by atoms with Crippen LogP contribution in [0.25, 0.3) is 22.0 Å². The van der Waals surface area contributed by atoms with E-state index in [-0.39, 0.29) is 0 Å². The molecule has 0 atom stereocenters. The summed E-state index contributed by atoms with van der Waals surface area (Å²) in [5.41, 5.74) is 5.67. The zero-order valence-electron chi connectivity index (χ0n) is 10.1. The number of nitrogen functional groups attached to an aromatic ring is 1. The molecule has 0 unspecified atom stereocenters. The molecule has 0 saturated carbocycles. The van der Waals surface area contributed by atoms with E-state index >= 15 is 0 Å². The van der Waals surface area contributed by atoms with Crippen LogP contribution in [0.4, 0.5) is 5.82 Å². The van der Waals surface area contributed by atoms with Gasteiger partial charge in [0.25, 0.3) is 0 Å². The van der Waals surface area contributed by atoms with Crippen LogP contribution in [0.1, 0.15) is 0 Å². The number of nitrogens with one attached hydrogen (secondary N) is 1. The Balaban J connectivity index is 2.28. The van der Waals surface area contributed by atoms with E-state index in [0.29, 0.717) is 5.82 Å². The topological polar surface area (TPSA) is 50.9 Å². The molecule has 4 heteroatoms. The molecule has 3 N–H and O–H groups in total. The van der Waals surface area contributed by atoms with Gasteiger partial charge in [-0.15, -0.1) is 0 Å². The van der Waals surface area contributed by atoms with Crippen molar-refractivity contribution in [1.29, 1.82) is 0 Å². The Morgan fingerprint density at radius 1 is 1.00 bits per heavy atom. The Kier molecular flexibility index (Phi) is 3.19. The van der Waals surface area contributed by atoms with Crippen molar-refractivity contribution in [1.82, 2.24) is 4.98 Å². The van der Waals surface area contributed by atoms with Crippen LogP contribution in [0.3, 0.4) is 0 Å². The van der Waals surface area contributed by atoms with Crippen LogP contribution in [0, 0.1) is 0 Å². The zero-order valence-corrected chi connectivity index (χ0v) is 11.7. The summed E-state index contributed by atoms with van der Waals surface area (Å²) in [6.45, 7) is 0. The van der Waals surface area contributed by atoms with Gasteiger partial charge in [-0.05, 0) is 29.8 Å². The number of hydrogen-bond acceptors (Lipinski definition) is 3. The third kappa shape index (κ3) is 2.32. The van der Waals surface area contributed by atoms with Gasteiger partial charge in [0.05, 0.1) is 5.52 Å². The highest BCUT2D eigenvalue weighted by atomic mass is 79.9. The summed E-state index contributed by atoms with van der Waals surface area (Å²) in [5, 5.41) is 1.08. The van der Waals surface area contributed by atoms with Gasteiger partial charge in [-0.1, -0.05) is 46.3 Å². The van der Waals surface area contributed by atoms with Crippen molar-refractivity contribution in [3.63, 3.8) is 0 Å². The maximum absolute atomic E-state index is 5.59. The standard InChI is InChI=1S/C15H12BrN3/c16-12-6-7-14-11(8-12)9-13(15(18-14)19-17)10-4-2-1-3-5-10/h1-9H,17H2,(H,18,19). The number of benzene rings is 2. The van der Waals surface area contributed by atoms with Crippen LogP contribution >= 0.6 is 15.9 Å². The minimum Gasteiger partial charge on any atom is -0.308 e. The predicted octanol–water partition coefficient (Wildman–Crippen LogP) is 3.95. The van der Waals surface area contributed by atoms with E-state index in [9.17, 15) is 0 Å². The lowest BCUT2D eigenvalue weighted by atomic mass is 10.0. The summed E-state index contributed by atoms with van der Waals surface area (Å²) in [6, 6.07) is 18.2. The third-order valence-electron chi connectivity index (χ3n) is 3.00. The Morgan fingerprint density at radius 2 is 1.79 bits per heavy atom. The third-order valence-corrected chi connectivity index (χ3v) is 3.49. The Bertz CT molecular complexity index is 726. The molecule has 0 aliphatic carbocycles. The predicted molar refractivity (Wildman–Crippen MR) is 82.7 cm³/mol. The van der Waals surface area contributed by atoms with Gasteiger partial charge < -0.3 is 5.43 Å². The number of hydrogen-bond donors (Lipinski definition) is 2. The second kappa shape index (κ2) is 4.99. The molecule has 0 bridgehead atoms. The van der Waals surface area contributed by atoms with Gasteiger partial charge >= 0.3 is 0 Å². The van der Waals surface area contributed by atoms with E-state index in [0.717, 1.165) is 26.5 Å². The number of nitrogens with two attached hydrogens (primary N) is 1. The number of aromatic nitrogens is 1. The second-order valence-electron chi connectivity index (χ2n) is 4.23. The summed E-state index contributed by atoms with van der Waals surface area (Å²) in [4.78, 5) is 4.55. The highest BCUT2D eigenvalue weighted by molar-refractivity contribution is 9.10. The number of nitrogens with zero attached hydrogens (tertiary/aromatic N) is 1. The summed E-state index contributed by atoms with van der Waals surface area (Å²) >= 11 is 3.48. The number of rotatable bonds is 2. The lowest BCUT2D eigenvalue weighted by Crippen LogP contribution is -2.10. The maximum atomic E-state index is 5.59. The SMILES string of the molecule is NNc1nc2ccc(Br)cc2cc1-c1ccccc1. The molecule has 0 amide bonds. The van der Waals surface area contributed by atoms with Crippen LogP contribution in [-0.4, -0.2) is 4.98 Å². The number of fused-ring (bicyclic) bond motifs is 1. The van der Waals surface area contributed by atoms with Gasteiger partial charge in [-0.3, -0.25) is 0 Å². The lowest BCUT2D eigenvalue weighted by molar-refractivity contribution is 1.26. The van der Waals surface area contributed by atoms with Crippen molar-refractivity contribution >= 4 is 32.7 Å². The fraction of sp³-hybridized carbons (Fsp3) is 0. The van der Waals surface area contributed by atoms with Gasteiger partial charge in [0.2, 0.25) is 0 Å². The molecular formula is C15H12BrN3. The van der Waals surface area contributed by atoms with Crippen molar-refractivity contribution in [3.05, 3.63) is 59.1 Å². The molecule has 19 heavy (non-hydrogen) atoms. The molecular weight excluding hydrogens is 302 g/mol. The quantitative estimate of drug-likeness (QED) is 0.556. The highest BCUT2D eigenvalue weighted by Crippen LogP contribution is 2.30. The first kappa shape index (κ1) is 12.1. The van der Waals surface area contributed by atoms with Crippen LogP contribution in [0.15, 0.2) is 59.1 Å². The van der Waals surface area contributed by atoms with Gasteiger partial charge in [0, 0.05) is 15.4 Å². The average Bonchev–Trinajstić information content (AvgIpc) is 2.46. The molecule has 94 valence electrons. The van der Waals surface area contributed by atoms with Crippen molar-refractivity contribution in [2.24, 2.45) is 5.84 Å². The summed E-state index contributed by atoms with van der Waals surface area (Å²) < 4.78 is 1.04. The minimum atomic E-state index is 0.682. The minimum absolute atomic E-state index is 0.682. The molecule has 1 aromatic heterocycles. The Hall–Kier alpha value is -1.91. The largest absolute Gasteiger partial charge is 0.308 e. The number of hydrazine groups is 1. The van der Waals surface area contributed by atoms with E-state index in [1.54, 1.807) is 0 Å². The molecule has 0 aliphatic rings. The summed E-state index contributed by atoms with van der Waals surface area (Å²) in [6.07, 6.45) is 0. The smallest absolute Gasteiger partial charge is 0.148 e. The highest BCUT2D eigenvalue weighted by Gasteiger charge is 2.08. The monoisotopic (exact) mass is 313 g/mol. The molecule has 0 radical (unpaired) electrons. The fourth-order valence-electron chi connectivity index (χ4n) is 2.10. The van der Waals surface area contributed by atoms with Crippen molar-refractivity contribution in [3.8, 4) is 11.1 Å². The molecule has 0 spiro atoms. The van der Waals surface area contributed by atoms with Crippen LogP contribution in [-0.2, 0) is 0 Å². The normalized spacial score (nSPS) is 10.6. The first-order chi connectivity index (χ1) is 9.28. The molecule has 3 nitrogen and oxygen atoms in total. The van der Waals surface area contributed by atoms with E-state index in [1.165, 1.54) is 0 Å². The number of pyridine rings is 1. The average molecular weight is 314 g/mol. The van der Waals surface area contributed by atoms with Crippen LogP contribution in [0.5, 0.6) is 0 Å². The van der Waals surface area contributed by atoms with Crippen molar-refractivity contribution < 1.29 is 0 Å². The summed E-state index contributed by atoms with van der Waals surface area (Å²) in [5.74, 6) is 6.27. The molecule has 3 aromatic rings. The first-order valence-electron chi connectivity index (χ1n) is 5.90. The van der Waals surface area contributed by atoms with Crippen LogP contribution in [0.2, 0.25) is 0 Å². The maximum Gasteiger partial charge on any atom is 0.148 e. The van der Waals surface area contributed by atoms with E-state index in [2.05, 4.69) is 38.5 Å². The molecule has 0 aliphatic heterocycles. The van der Waals surface area contributed by atoms with E-state index < -0.39 is 0 Å². The van der Waals surface area contributed by atoms with Gasteiger partial charge in [-0.2, -0.15) is 0 Å². The summed E-state index contributed by atoms with van der Waals surface area (Å²) in [7, 11) is 0. The molecule has 3 rings (SSSR count). The first-order valence-corrected chi connectivity index (χ1v) is 6.69. The Morgan fingerprint density at radius 3 is 2.53 bits per heavy atom. The van der Waals surface area contributed by atoms with E-state index in [1.807, 2.05) is 42.5 Å².